The van der Waals surface area contributed by atoms with Crippen LogP contribution in [0.2, 0.25) is 0 Å². The summed E-state index contributed by atoms with van der Waals surface area (Å²) in [5.74, 6) is -0.567. The van der Waals surface area contributed by atoms with Crippen molar-refractivity contribution in [2.75, 3.05) is 26.3 Å². The molecule has 1 saturated heterocycles. The molecule has 1 N–H and O–H groups in total. The van der Waals surface area contributed by atoms with Crippen LogP contribution in [0.4, 0.5) is 4.39 Å². The summed E-state index contributed by atoms with van der Waals surface area (Å²) in [6, 6.07) is 3.71. The van der Waals surface area contributed by atoms with Crippen molar-refractivity contribution in [3.05, 3.63) is 29.6 Å². The molecule has 0 saturated carbocycles. The highest BCUT2D eigenvalue weighted by Gasteiger charge is 2.22. The molecule has 0 spiro atoms. The highest BCUT2D eigenvalue weighted by Crippen LogP contribution is 2.16. The molecule has 100 valence electrons. The second-order valence-electron chi connectivity index (χ2n) is 4.10. The fourth-order valence-corrected chi connectivity index (χ4v) is 3.12. The zero-order chi connectivity index (χ0) is 13.2. The summed E-state index contributed by atoms with van der Waals surface area (Å²) in [5, 5.41) is 1.56. The van der Waals surface area contributed by atoms with E-state index in [9.17, 15) is 12.8 Å². The maximum absolute atomic E-state index is 13.1. The van der Waals surface area contributed by atoms with Gasteiger partial charge in [0, 0.05) is 13.1 Å². The molecule has 1 aromatic rings. The van der Waals surface area contributed by atoms with Gasteiger partial charge in [-0.15, -0.1) is 4.83 Å². The number of rotatable bonds is 3. The van der Waals surface area contributed by atoms with Gasteiger partial charge in [0.1, 0.15) is 5.82 Å². The smallest absolute Gasteiger partial charge is 0.253 e. The van der Waals surface area contributed by atoms with E-state index in [1.807, 2.05) is 0 Å². The van der Waals surface area contributed by atoms with Crippen molar-refractivity contribution in [2.24, 2.45) is 0 Å². The van der Waals surface area contributed by atoms with Crippen LogP contribution in [-0.2, 0) is 14.8 Å². The van der Waals surface area contributed by atoms with Crippen molar-refractivity contribution in [3.8, 4) is 0 Å². The third-order valence-corrected chi connectivity index (χ3v) is 4.22. The van der Waals surface area contributed by atoms with Gasteiger partial charge in [-0.1, -0.05) is 6.07 Å². The number of aryl methyl sites for hydroxylation is 1. The molecule has 0 radical (unpaired) electrons. The van der Waals surface area contributed by atoms with E-state index in [1.54, 1.807) is 11.9 Å². The van der Waals surface area contributed by atoms with Gasteiger partial charge in [0.25, 0.3) is 10.0 Å². The van der Waals surface area contributed by atoms with E-state index in [1.165, 1.54) is 12.1 Å². The molecule has 1 fully saturated rings. The molecule has 1 aromatic carbocycles. The van der Waals surface area contributed by atoms with Crippen LogP contribution in [0, 0.1) is 12.7 Å². The first-order chi connectivity index (χ1) is 8.49. The number of sulfonamides is 1. The van der Waals surface area contributed by atoms with Crippen LogP contribution in [0.15, 0.2) is 23.1 Å². The van der Waals surface area contributed by atoms with E-state index in [4.69, 9.17) is 4.74 Å². The first-order valence-electron chi connectivity index (χ1n) is 5.60. The fraction of sp³-hybridized carbons (Fsp3) is 0.455. The molecule has 2 rings (SSSR count). The number of nitrogens with zero attached hydrogens (tertiary/aromatic N) is 1. The predicted molar refractivity (Wildman–Crippen MR) is 63.9 cm³/mol. The second kappa shape index (κ2) is 5.31. The summed E-state index contributed by atoms with van der Waals surface area (Å²) in [6.45, 7) is 3.55. The van der Waals surface area contributed by atoms with Gasteiger partial charge >= 0.3 is 0 Å². The van der Waals surface area contributed by atoms with Gasteiger partial charge < -0.3 is 4.74 Å². The lowest BCUT2D eigenvalue weighted by atomic mass is 10.2. The van der Waals surface area contributed by atoms with Crippen LogP contribution in [0.25, 0.3) is 0 Å². The highest BCUT2D eigenvalue weighted by atomic mass is 32.2. The summed E-state index contributed by atoms with van der Waals surface area (Å²) in [4.78, 5) is 2.41. The lowest BCUT2D eigenvalue weighted by molar-refractivity contribution is 0.0272. The topological polar surface area (TPSA) is 58.6 Å². The fourth-order valence-electron chi connectivity index (χ4n) is 1.74. The van der Waals surface area contributed by atoms with E-state index in [0.717, 1.165) is 6.07 Å². The van der Waals surface area contributed by atoms with Crippen molar-refractivity contribution in [1.29, 1.82) is 0 Å². The molecule has 0 unspecified atom stereocenters. The Morgan fingerprint density at radius 1 is 1.33 bits per heavy atom. The van der Waals surface area contributed by atoms with E-state index in [2.05, 4.69) is 4.83 Å². The Morgan fingerprint density at radius 2 is 2.00 bits per heavy atom. The summed E-state index contributed by atoms with van der Waals surface area (Å²) < 4.78 is 42.5. The summed E-state index contributed by atoms with van der Waals surface area (Å²) in [7, 11) is -3.73. The molecule has 1 aliphatic heterocycles. The van der Waals surface area contributed by atoms with Crippen LogP contribution >= 0.6 is 0 Å². The number of ether oxygens (including phenoxy) is 1. The highest BCUT2D eigenvalue weighted by molar-refractivity contribution is 7.89. The van der Waals surface area contributed by atoms with E-state index in [-0.39, 0.29) is 4.90 Å². The standard InChI is InChI=1S/C11H15FN2O3S/c1-9-2-3-10(12)8-11(9)18(15,16)13-14-4-6-17-7-5-14/h2-3,8,13H,4-7H2,1H3. The average molecular weight is 274 g/mol. The maximum Gasteiger partial charge on any atom is 0.253 e. The minimum Gasteiger partial charge on any atom is -0.379 e. The predicted octanol–water partition coefficient (Wildman–Crippen LogP) is 0.660. The quantitative estimate of drug-likeness (QED) is 0.879. The number of hydrogen-bond donors (Lipinski definition) is 1. The Morgan fingerprint density at radius 3 is 2.67 bits per heavy atom. The van der Waals surface area contributed by atoms with Gasteiger partial charge in [-0.3, -0.25) is 0 Å². The molecular weight excluding hydrogens is 259 g/mol. The third-order valence-electron chi connectivity index (χ3n) is 2.70. The number of hydrogen-bond acceptors (Lipinski definition) is 4. The largest absolute Gasteiger partial charge is 0.379 e. The minimum absolute atomic E-state index is 0.0333. The van der Waals surface area contributed by atoms with Crippen LogP contribution in [0.3, 0.4) is 0 Å². The molecule has 0 aromatic heterocycles. The van der Waals surface area contributed by atoms with E-state index < -0.39 is 15.8 Å². The molecular formula is C11H15FN2O3S. The molecule has 0 bridgehead atoms. The first-order valence-corrected chi connectivity index (χ1v) is 7.09. The zero-order valence-electron chi connectivity index (χ0n) is 10.0. The van der Waals surface area contributed by atoms with Crippen LogP contribution in [0.1, 0.15) is 5.56 Å². The van der Waals surface area contributed by atoms with Gasteiger partial charge in [-0.2, -0.15) is 0 Å². The number of halogens is 1. The van der Waals surface area contributed by atoms with Crippen LogP contribution < -0.4 is 4.83 Å². The monoisotopic (exact) mass is 274 g/mol. The Hall–Kier alpha value is -1.02. The van der Waals surface area contributed by atoms with Crippen molar-refractivity contribution >= 4 is 10.0 Å². The molecule has 0 aliphatic carbocycles. The van der Waals surface area contributed by atoms with E-state index in [0.29, 0.717) is 31.9 Å². The third kappa shape index (κ3) is 3.05. The molecule has 1 heterocycles. The van der Waals surface area contributed by atoms with E-state index >= 15 is 0 Å². The normalized spacial score (nSPS) is 17.9. The number of benzene rings is 1. The lowest BCUT2D eigenvalue weighted by Gasteiger charge is -2.26. The first kappa shape index (κ1) is 13.4. The summed E-state index contributed by atoms with van der Waals surface area (Å²) in [5.41, 5.74) is 0.511. The SMILES string of the molecule is Cc1ccc(F)cc1S(=O)(=O)NN1CCOCC1. The van der Waals surface area contributed by atoms with Crippen molar-refractivity contribution < 1.29 is 17.5 Å². The second-order valence-corrected chi connectivity index (χ2v) is 5.73. The Bertz CT molecular complexity index is 527. The average Bonchev–Trinajstić information content (AvgIpc) is 2.33. The summed E-state index contributed by atoms with van der Waals surface area (Å²) in [6.07, 6.45) is 0. The zero-order valence-corrected chi connectivity index (χ0v) is 10.8. The molecule has 5 nitrogen and oxygen atoms in total. The molecule has 18 heavy (non-hydrogen) atoms. The van der Waals surface area contributed by atoms with Gasteiger partial charge in [0.15, 0.2) is 0 Å². The maximum atomic E-state index is 13.1. The van der Waals surface area contributed by atoms with Gasteiger partial charge in [-0.25, -0.2) is 17.8 Å². The Labute approximate surface area is 106 Å². The molecule has 7 heteroatoms. The number of morpholine rings is 1. The van der Waals surface area contributed by atoms with Gasteiger partial charge in [-0.05, 0) is 24.6 Å². The van der Waals surface area contributed by atoms with Crippen LogP contribution in [-0.4, -0.2) is 39.7 Å². The lowest BCUT2D eigenvalue weighted by Crippen LogP contribution is -2.48. The Balaban J connectivity index is 2.21. The molecule has 0 atom stereocenters. The number of hydrazine groups is 1. The number of nitrogens with one attached hydrogen (secondary N) is 1. The summed E-state index contributed by atoms with van der Waals surface area (Å²) >= 11 is 0. The van der Waals surface area contributed by atoms with Crippen molar-refractivity contribution in [2.45, 2.75) is 11.8 Å². The van der Waals surface area contributed by atoms with Gasteiger partial charge in [0.2, 0.25) is 0 Å². The van der Waals surface area contributed by atoms with Crippen molar-refractivity contribution in [1.82, 2.24) is 9.84 Å². The van der Waals surface area contributed by atoms with Crippen LogP contribution in [0.5, 0.6) is 0 Å². The van der Waals surface area contributed by atoms with Gasteiger partial charge in [0.05, 0.1) is 18.1 Å². The van der Waals surface area contributed by atoms with Crippen molar-refractivity contribution in [3.63, 3.8) is 0 Å². The Kier molecular flexibility index (Phi) is 3.96. The minimum atomic E-state index is -3.73. The molecule has 0 amide bonds. The molecule has 1 aliphatic rings.